The van der Waals surface area contributed by atoms with Gasteiger partial charge in [0.05, 0.1) is 11.3 Å². The average Bonchev–Trinajstić information content (AvgIpc) is 2.53. The number of carbonyl (C=O) groups excluding carboxylic acids is 1. The Balaban J connectivity index is 1.91. The van der Waals surface area contributed by atoms with Crippen LogP contribution in [0.4, 0.5) is 0 Å². The van der Waals surface area contributed by atoms with Crippen LogP contribution in [0.5, 0.6) is 5.75 Å². The van der Waals surface area contributed by atoms with E-state index < -0.39 is 5.91 Å². The maximum atomic E-state index is 12.1. The van der Waals surface area contributed by atoms with Crippen molar-refractivity contribution < 1.29 is 9.53 Å². The van der Waals surface area contributed by atoms with Gasteiger partial charge in [-0.15, -0.1) is 0 Å². The molecule has 0 radical (unpaired) electrons. The van der Waals surface area contributed by atoms with Gasteiger partial charge < -0.3 is 10.5 Å². The zero-order chi connectivity index (χ0) is 17.3. The van der Waals surface area contributed by atoms with E-state index in [2.05, 4.69) is 4.98 Å². The van der Waals surface area contributed by atoms with Crippen molar-refractivity contribution in [3.05, 3.63) is 74.8 Å². The van der Waals surface area contributed by atoms with E-state index in [1.54, 1.807) is 18.3 Å². The lowest BCUT2D eigenvalue weighted by Gasteiger charge is -2.10. The van der Waals surface area contributed by atoms with Crippen molar-refractivity contribution >= 4 is 23.2 Å². The molecule has 1 aromatic carbocycles. The summed E-state index contributed by atoms with van der Waals surface area (Å²) in [5.41, 5.74) is 7.28. The third-order valence-electron chi connectivity index (χ3n) is 3.46. The molecule has 7 heteroatoms. The van der Waals surface area contributed by atoms with E-state index in [1.165, 1.54) is 16.5 Å². The van der Waals surface area contributed by atoms with E-state index >= 15 is 0 Å². The van der Waals surface area contributed by atoms with E-state index in [0.29, 0.717) is 16.4 Å². The predicted octanol–water partition coefficient (Wildman–Crippen LogP) is 2.33. The van der Waals surface area contributed by atoms with Gasteiger partial charge in [-0.1, -0.05) is 11.6 Å². The van der Waals surface area contributed by atoms with Gasteiger partial charge in [0.1, 0.15) is 18.0 Å². The SMILES string of the molecule is Cc1ccn2c(=O)cc(COc3ccc(Cl)cc3C(N)=O)nc2c1. The first kappa shape index (κ1) is 16.0. The number of nitrogens with zero attached hydrogens (tertiary/aromatic N) is 2. The molecular formula is C17H14ClN3O3. The third kappa shape index (κ3) is 3.23. The molecule has 1 amide bonds. The molecule has 122 valence electrons. The number of amides is 1. The molecule has 0 atom stereocenters. The summed E-state index contributed by atoms with van der Waals surface area (Å²) in [6.45, 7) is 1.95. The van der Waals surface area contributed by atoms with E-state index in [4.69, 9.17) is 22.1 Å². The molecule has 3 aromatic rings. The molecule has 0 fully saturated rings. The van der Waals surface area contributed by atoms with Crippen LogP contribution in [-0.4, -0.2) is 15.3 Å². The fourth-order valence-corrected chi connectivity index (χ4v) is 2.47. The monoisotopic (exact) mass is 343 g/mol. The van der Waals surface area contributed by atoms with Crippen molar-refractivity contribution in [2.45, 2.75) is 13.5 Å². The molecule has 0 saturated heterocycles. The molecular weight excluding hydrogens is 330 g/mol. The van der Waals surface area contributed by atoms with Gasteiger partial charge >= 0.3 is 0 Å². The lowest BCUT2D eigenvalue weighted by molar-refractivity contribution is 0.0996. The Bertz CT molecular complexity index is 998. The number of benzene rings is 1. The van der Waals surface area contributed by atoms with Crippen molar-refractivity contribution in [2.75, 3.05) is 0 Å². The highest BCUT2D eigenvalue weighted by Gasteiger charge is 2.11. The molecule has 2 N–H and O–H groups in total. The largest absolute Gasteiger partial charge is 0.486 e. The molecule has 2 aromatic heterocycles. The number of hydrogen-bond donors (Lipinski definition) is 1. The first-order chi connectivity index (χ1) is 11.4. The molecule has 0 bridgehead atoms. The van der Waals surface area contributed by atoms with Crippen LogP contribution in [-0.2, 0) is 6.61 Å². The first-order valence-electron chi connectivity index (χ1n) is 7.15. The third-order valence-corrected chi connectivity index (χ3v) is 3.69. The minimum atomic E-state index is -0.644. The van der Waals surface area contributed by atoms with Crippen molar-refractivity contribution in [3.8, 4) is 5.75 Å². The Morgan fingerprint density at radius 3 is 2.83 bits per heavy atom. The van der Waals surface area contributed by atoms with Gasteiger partial charge in [0.25, 0.3) is 11.5 Å². The second kappa shape index (κ2) is 6.33. The molecule has 0 aliphatic heterocycles. The molecule has 0 unspecified atom stereocenters. The summed E-state index contributed by atoms with van der Waals surface area (Å²) in [5.74, 6) is -0.354. The summed E-state index contributed by atoms with van der Waals surface area (Å²) in [5, 5.41) is 0.383. The molecule has 0 saturated carbocycles. The van der Waals surface area contributed by atoms with Gasteiger partial charge in [0.15, 0.2) is 0 Å². The van der Waals surface area contributed by atoms with Crippen LogP contribution in [0.15, 0.2) is 47.4 Å². The minimum absolute atomic E-state index is 0.0294. The molecule has 0 aliphatic rings. The number of fused-ring (bicyclic) bond motifs is 1. The van der Waals surface area contributed by atoms with Crippen LogP contribution in [0.2, 0.25) is 5.02 Å². The summed E-state index contributed by atoms with van der Waals surface area (Å²) in [4.78, 5) is 28.0. The number of aryl methyl sites for hydroxylation is 1. The van der Waals surface area contributed by atoms with Crippen LogP contribution in [0, 0.1) is 6.92 Å². The highest BCUT2D eigenvalue weighted by Crippen LogP contribution is 2.23. The van der Waals surface area contributed by atoms with Crippen molar-refractivity contribution in [2.24, 2.45) is 5.73 Å². The maximum absolute atomic E-state index is 12.1. The zero-order valence-corrected chi connectivity index (χ0v) is 13.6. The van der Waals surface area contributed by atoms with Crippen LogP contribution in [0.1, 0.15) is 21.6 Å². The summed E-state index contributed by atoms with van der Waals surface area (Å²) in [7, 11) is 0. The first-order valence-corrected chi connectivity index (χ1v) is 7.53. The number of primary amides is 1. The summed E-state index contributed by atoms with van der Waals surface area (Å²) in [6.07, 6.45) is 1.68. The number of ether oxygens (including phenoxy) is 1. The van der Waals surface area contributed by atoms with Gasteiger partial charge in [-0.25, -0.2) is 4.98 Å². The van der Waals surface area contributed by atoms with Gasteiger partial charge in [0, 0.05) is 17.3 Å². The Kier molecular flexibility index (Phi) is 4.22. The van der Waals surface area contributed by atoms with Gasteiger partial charge in [0.2, 0.25) is 0 Å². The van der Waals surface area contributed by atoms with Crippen LogP contribution in [0.3, 0.4) is 0 Å². The standard InChI is InChI=1S/C17H14ClN3O3/c1-10-4-5-21-15(6-10)20-12(8-16(21)22)9-24-14-3-2-11(18)7-13(14)17(19)23/h2-8H,9H2,1H3,(H2,19,23). The van der Waals surface area contributed by atoms with Crippen molar-refractivity contribution in [1.82, 2.24) is 9.38 Å². The maximum Gasteiger partial charge on any atom is 0.258 e. The number of halogens is 1. The molecule has 3 rings (SSSR count). The lowest BCUT2D eigenvalue weighted by atomic mass is 10.2. The number of hydrogen-bond acceptors (Lipinski definition) is 4. The van der Waals surface area contributed by atoms with Gasteiger partial charge in [-0.3, -0.25) is 14.0 Å². The summed E-state index contributed by atoms with van der Waals surface area (Å²) < 4.78 is 7.06. The van der Waals surface area contributed by atoms with Crippen LogP contribution in [0.25, 0.3) is 5.65 Å². The Hall–Kier alpha value is -2.86. The topological polar surface area (TPSA) is 86.7 Å². The molecule has 24 heavy (non-hydrogen) atoms. The second-order valence-electron chi connectivity index (χ2n) is 5.31. The highest BCUT2D eigenvalue weighted by molar-refractivity contribution is 6.31. The predicted molar refractivity (Wildman–Crippen MR) is 90.5 cm³/mol. The Labute approximate surface area is 142 Å². The van der Waals surface area contributed by atoms with Crippen LogP contribution >= 0.6 is 11.6 Å². The minimum Gasteiger partial charge on any atom is -0.486 e. The van der Waals surface area contributed by atoms with Crippen molar-refractivity contribution in [1.29, 1.82) is 0 Å². The average molecular weight is 344 g/mol. The fourth-order valence-electron chi connectivity index (χ4n) is 2.30. The van der Waals surface area contributed by atoms with Gasteiger partial charge in [-0.2, -0.15) is 0 Å². The highest BCUT2D eigenvalue weighted by atomic mass is 35.5. The van der Waals surface area contributed by atoms with E-state index in [9.17, 15) is 9.59 Å². The van der Waals surface area contributed by atoms with E-state index in [1.807, 2.05) is 19.1 Å². The normalized spacial score (nSPS) is 10.8. The number of pyridine rings is 1. The van der Waals surface area contributed by atoms with Crippen molar-refractivity contribution in [3.63, 3.8) is 0 Å². The summed E-state index contributed by atoms with van der Waals surface area (Å²) >= 11 is 5.86. The van der Waals surface area contributed by atoms with E-state index in [-0.39, 0.29) is 23.5 Å². The Morgan fingerprint density at radius 1 is 1.29 bits per heavy atom. The molecule has 0 aliphatic carbocycles. The Morgan fingerprint density at radius 2 is 2.08 bits per heavy atom. The smallest absolute Gasteiger partial charge is 0.258 e. The van der Waals surface area contributed by atoms with Gasteiger partial charge in [-0.05, 0) is 42.8 Å². The number of nitrogens with two attached hydrogens (primary N) is 1. The fraction of sp³-hybridized carbons (Fsp3) is 0.118. The van der Waals surface area contributed by atoms with Crippen LogP contribution < -0.4 is 16.0 Å². The molecule has 2 heterocycles. The second-order valence-corrected chi connectivity index (χ2v) is 5.75. The number of aromatic nitrogens is 2. The summed E-state index contributed by atoms with van der Waals surface area (Å²) in [6, 6.07) is 9.62. The number of carbonyl (C=O) groups is 1. The quantitative estimate of drug-likeness (QED) is 0.787. The number of rotatable bonds is 4. The molecule has 0 spiro atoms. The molecule has 6 nitrogen and oxygen atoms in total. The van der Waals surface area contributed by atoms with E-state index in [0.717, 1.165) is 5.56 Å². The zero-order valence-electron chi connectivity index (χ0n) is 12.8. The lowest BCUT2D eigenvalue weighted by Crippen LogP contribution is -2.17.